The first-order chi connectivity index (χ1) is 7.58. The second-order valence-corrected chi connectivity index (χ2v) is 3.91. The van der Waals surface area contributed by atoms with E-state index in [9.17, 15) is 4.79 Å². The van der Waals surface area contributed by atoms with E-state index < -0.39 is 0 Å². The van der Waals surface area contributed by atoms with E-state index in [2.05, 4.69) is 5.32 Å². The van der Waals surface area contributed by atoms with E-state index in [1.54, 1.807) is 25.1 Å². The summed E-state index contributed by atoms with van der Waals surface area (Å²) >= 11 is 5.84. The Morgan fingerprint density at radius 3 is 2.76 bits per heavy atom. The minimum atomic E-state index is -0.247. The van der Waals surface area contributed by atoms with E-state index in [4.69, 9.17) is 22.1 Å². The first-order valence-corrected chi connectivity index (χ1v) is 5.30. The summed E-state index contributed by atoms with van der Waals surface area (Å²) < 4.78 is 5.11. The molecule has 6 heteroatoms. The lowest BCUT2D eigenvalue weighted by Crippen LogP contribution is -2.26. The largest absolute Gasteiger partial charge is 0.495 e. The van der Waals surface area contributed by atoms with Crippen LogP contribution in [0, 0.1) is 5.92 Å². The molecule has 0 heterocycles. The summed E-state index contributed by atoms with van der Waals surface area (Å²) in [5.74, 6) is 0.175. The highest BCUT2D eigenvalue weighted by Crippen LogP contribution is 2.27. The molecule has 0 saturated heterocycles. The molecule has 4 nitrogen and oxygen atoms in total. The molecule has 0 aromatic heterocycles. The standard InChI is InChI=1S/C11H15ClN2O2.ClH/c1-7(6-13)11(15)14-9-5-8(12)3-4-10(9)16-2;/h3-5,7H,6,13H2,1-2H3,(H,14,15);1H. The van der Waals surface area contributed by atoms with Gasteiger partial charge < -0.3 is 15.8 Å². The molecule has 0 radical (unpaired) electrons. The summed E-state index contributed by atoms with van der Waals surface area (Å²) in [4.78, 5) is 11.6. The summed E-state index contributed by atoms with van der Waals surface area (Å²) in [6.45, 7) is 2.06. The zero-order chi connectivity index (χ0) is 12.1. The van der Waals surface area contributed by atoms with Crippen LogP contribution in [0.25, 0.3) is 0 Å². The van der Waals surface area contributed by atoms with E-state index in [1.165, 1.54) is 7.11 Å². The van der Waals surface area contributed by atoms with E-state index >= 15 is 0 Å². The van der Waals surface area contributed by atoms with Crippen LogP contribution in [0.15, 0.2) is 18.2 Å². The average Bonchev–Trinajstić information content (AvgIpc) is 2.28. The fourth-order valence-corrected chi connectivity index (χ4v) is 1.31. The number of hydrogen-bond acceptors (Lipinski definition) is 3. The van der Waals surface area contributed by atoms with Crippen LogP contribution < -0.4 is 15.8 Å². The van der Waals surface area contributed by atoms with Gasteiger partial charge in [-0.15, -0.1) is 12.4 Å². The van der Waals surface area contributed by atoms with Crippen LogP contribution in [0.3, 0.4) is 0 Å². The second-order valence-electron chi connectivity index (χ2n) is 3.47. The number of halogens is 2. The van der Waals surface area contributed by atoms with Gasteiger partial charge in [0.1, 0.15) is 5.75 Å². The van der Waals surface area contributed by atoms with Gasteiger partial charge in [0.2, 0.25) is 5.91 Å². The van der Waals surface area contributed by atoms with Crippen LogP contribution in [-0.4, -0.2) is 19.6 Å². The fraction of sp³-hybridized carbons (Fsp3) is 0.364. The molecule has 0 saturated carbocycles. The predicted octanol–water partition coefficient (Wildman–Crippen LogP) is 2.30. The molecule has 0 bridgehead atoms. The van der Waals surface area contributed by atoms with Gasteiger partial charge in [0.05, 0.1) is 12.8 Å². The number of anilines is 1. The van der Waals surface area contributed by atoms with Gasteiger partial charge in [0.25, 0.3) is 0 Å². The zero-order valence-corrected chi connectivity index (χ0v) is 11.3. The molecular formula is C11H16Cl2N2O2. The Kier molecular flexibility index (Phi) is 6.95. The number of ether oxygens (including phenoxy) is 1. The molecule has 1 aromatic rings. The molecule has 96 valence electrons. The van der Waals surface area contributed by atoms with Crippen LogP contribution in [0.4, 0.5) is 5.69 Å². The Balaban J connectivity index is 0.00000256. The van der Waals surface area contributed by atoms with Crippen LogP contribution in [0.1, 0.15) is 6.92 Å². The van der Waals surface area contributed by atoms with Crippen molar-refractivity contribution in [2.45, 2.75) is 6.92 Å². The van der Waals surface area contributed by atoms with Gasteiger partial charge in [-0.1, -0.05) is 18.5 Å². The van der Waals surface area contributed by atoms with Gasteiger partial charge in [-0.25, -0.2) is 0 Å². The molecule has 1 unspecified atom stereocenters. The third-order valence-electron chi connectivity index (χ3n) is 2.22. The van der Waals surface area contributed by atoms with Crippen molar-refractivity contribution in [2.24, 2.45) is 11.7 Å². The Bertz CT molecular complexity index is 386. The van der Waals surface area contributed by atoms with Crippen molar-refractivity contribution in [3.63, 3.8) is 0 Å². The maximum Gasteiger partial charge on any atom is 0.228 e. The van der Waals surface area contributed by atoms with E-state index in [1.807, 2.05) is 0 Å². The number of benzene rings is 1. The van der Waals surface area contributed by atoms with E-state index in [-0.39, 0.29) is 24.2 Å². The lowest BCUT2D eigenvalue weighted by molar-refractivity contribution is -0.119. The Morgan fingerprint density at radius 1 is 1.59 bits per heavy atom. The molecule has 17 heavy (non-hydrogen) atoms. The molecule has 0 aliphatic heterocycles. The highest BCUT2D eigenvalue weighted by atomic mass is 35.5. The molecule has 1 amide bonds. The summed E-state index contributed by atoms with van der Waals surface area (Å²) in [5.41, 5.74) is 5.96. The predicted molar refractivity (Wildman–Crippen MR) is 72.1 cm³/mol. The molecule has 0 spiro atoms. The minimum Gasteiger partial charge on any atom is -0.495 e. The van der Waals surface area contributed by atoms with Crippen molar-refractivity contribution in [1.82, 2.24) is 0 Å². The monoisotopic (exact) mass is 278 g/mol. The average molecular weight is 279 g/mol. The van der Waals surface area contributed by atoms with E-state index in [0.717, 1.165) is 0 Å². The second kappa shape index (κ2) is 7.37. The number of methoxy groups -OCH3 is 1. The van der Waals surface area contributed by atoms with E-state index in [0.29, 0.717) is 23.0 Å². The minimum absolute atomic E-state index is 0. The maximum absolute atomic E-state index is 11.6. The number of amides is 1. The third-order valence-corrected chi connectivity index (χ3v) is 2.46. The molecule has 1 aromatic carbocycles. The summed E-state index contributed by atoms with van der Waals surface area (Å²) in [6.07, 6.45) is 0. The van der Waals surface area contributed by atoms with Crippen molar-refractivity contribution in [3.8, 4) is 5.75 Å². The molecule has 1 rings (SSSR count). The third kappa shape index (κ3) is 4.42. The first kappa shape index (κ1) is 16.0. The van der Waals surface area contributed by atoms with Gasteiger partial charge in [-0.2, -0.15) is 0 Å². The highest BCUT2D eigenvalue weighted by Gasteiger charge is 2.13. The summed E-state index contributed by atoms with van der Waals surface area (Å²) in [5, 5.41) is 3.26. The number of nitrogens with two attached hydrogens (primary N) is 1. The SMILES string of the molecule is COc1ccc(Cl)cc1NC(=O)C(C)CN.Cl. The topological polar surface area (TPSA) is 64.3 Å². The van der Waals surface area contributed by atoms with Crippen molar-refractivity contribution < 1.29 is 9.53 Å². The van der Waals surface area contributed by atoms with Crippen molar-refractivity contribution >= 4 is 35.6 Å². The summed E-state index contributed by atoms with van der Waals surface area (Å²) in [6, 6.07) is 5.04. The fourth-order valence-electron chi connectivity index (χ4n) is 1.14. The smallest absolute Gasteiger partial charge is 0.228 e. The summed E-state index contributed by atoms with van der Waals surface area (Å²) in [7, 11) is 1.53. The lowest BCUT2D eigenvalue weighted by atomic mass is 10.1. The molecule has 3 N–H and O–H groups in total. The quantitative estimate of drug-likeness (QED) is 0.888. The highest BCUT2D eigenvalue weighted by molar-refractivity contribution is 6.31. The molecular weight excluding hydrogens is 263 g/mol. The number of carbonyl (C=O) groups excluding carboxylic acids is 1. The van der Waals surface area contributed by atoms with Gasteiger partial charge in [-0.3, -0.25) is 4.79 Å². The van der Waals surface area contributed by atoms with Gasteiger partial charge >= 0.3 is 0 Å². The number of nitrogens with one attached hydrogen (secondary N) is 1. The normalized spacial score (nSPS) is 11.3. The Morgan fingerprint density at radius 2 is 2.24 bits per heavy atom. The number of rotatable bonds is 4. The van der Waals surface area contributed by atoms with Gasteiger partial charge in [0.15, 0.2) is 0 Å². The van der Waals surface area contributed by atoms with Crippen LogP contribution in [0.2, 0.25) is 5.02 Å². The lowest BCUT2D eigenvalue weighted by Gasteiger charge is -2.13. The van der Waals surface area contributed by atoms with Gasteiger partial charge in [-0.05, 0) is 18.2 Å². The maximum atomic E-state index is 11.6. The van der Waals surface area contributed by atoms with Crippen LogP contribution in [0.5, 0.6) is 5.75 Å². The van der Waals surface area contributed by atoms with Crippen molar-refractivity contribution in [2.75, 3.05) is 19.0 Å². The number of carbonyl (C=O) groups is 1. The molecule has 0 fully saturated rings. The number of hydrogen-bond donors (Lipinski definition) is 2. The van der Waals surface area contributed by atoms with Gasteiger partial charge in [0, 0.05) is 17.5 Å². The van der Waals surface area contributed by atoms with Crippen LogP contribution in [-0.2, 0) is 4.79 Å². The van der Waals surface area contributed by atoms with Crippen LogP contribution >= 0.6 is 24.0 Å². The first-order valence-electron chi connectivity index (χ1n) is 4.93. The Hall–Kier alpha value is -0.970. The molecule has 0 aliphatic rings. The zero-order valence-electron chi connectivity index (χ0n) is 9.70. The molecule has 0 aliphatic carbocycles. The van der Waals surface area contributed by atoms with Crippen molar-refractivity contribution in [3.05, 3.63) is 23.2 Å². The Labute approximate surface area is 112 Å². The van der Waals surface area contributed by atoms with Crippen molar-refractivity contribution in [1.29, 1.82) is 0 Å². The molecule has 1 atom stereocenters.